The van der Waals surface area contributed by atoms with E-state index >= 15 is 0 Å². The number of likely N-dealkylation sites (tertiary alicyclic amines) is 1. The zero-order chi connectivity index (χ0) is 22.0. The van der Waals surface area contributed by atoms with Crippen LogP contribution >= 0.6 is 0 Å². The molecule has 0 unspecified atom stereocenters. The van der Waals surface area contributed by atoms with Gasteiger partial charge in [0, 0.05) is 12.1 Å². The smallest absolute Gasteiger partial charge is 0.305 e. The number of aliphatic hydroxyl groups excluding tert-OH is 1. The fourth-order valence-electron chi connectivity index (χ4n) is 3.40. The lowest BCUT2D eigenvalue weighted by Crippen LogP contribution is -2.31. The Bertz CT molecular complexity index is 1040. The minimum atomic E-state index is -1.13. The number of ketones is 1. The maximum Gasteiger partial charge on any atom is 0.305 e. The van der Waals surface area contributed by atoms with Gasteiger partial charge in [0.15, 0.2) is 11.5 Å². The molecule has 3 rings (SSSR count). The van der Waals surface area contributed by atoms with Crippen LogP contribution in [0.2, 0.25) is 0 Å². The third-order valence-electron chi connectivity index (χ3n) is 4.95. The highest BCUT2D eigenvalue weighted by molar-refractivity contribution is 6.46. The van der Waals surface area contributed by atoms with E-state index in [0.29, 0.717) is 11.1 Å². The van der Waals surface area contributed by atoms with E-state index in [4.69, 9.17) is 9.84 Å². The number of hydrogen-bond donors (Lipinski definition) is 3. The largest absolute Gasteiger partial charge is 0.507 e. The molecule has 2 aromatic carbocycles. The average Bonchev–Trinajstić information content (AvgIpc) is 2.97. The number of aryl methyl sites for hydroxylation is 1. The number of aliphatic hydroxyl groups is 1. The minimum absolute atomic E-state index is 0.117. The summed E-state index contributed by atoms with van der Waals surface area (Å²) in [5.41, 5.74) is 1.55. The summed E-state index contributed by atoms with van der Waals surface area (Å²) in [6.45, 7) is 1.65. The Labute approximate surface area is 172 Å². The van der Waals surface area contributed by atoms with Crippen molar-refractivity contribution >= 4 is 23.4 Å². The first-order chi connectivity index (χ1) is 14.2. The van der Waals surface area contributed by atoms with Crippen molar-refractivity contribution in [2.45, 2.75) is 19.4 Å². The molecule has 0 saturated carbocycles. The number of hydrogen-bond acceptors (Lipinski definition) is 6. The zero-order valence-electron chi connectivity index (χ0n) is 16.5. The number of carbonyl (C=O) groups excluding carboxylic acids is 2. The Morgan fingerprint density at radius 2 is 1.77 bits per heavy atom. The van der Waals surface area contributed by atoms with Crippen molar-refractivity contribution < 1.29 is 34.4 Å². The molecule has 1 atom stereocenters. The van der Waals surface area contributed by atoms with Gasteiger partial charge in [0.1, 0.15) is 5.76 Å². The van der Waals surface area contributed by atoms with Crippen LogP contribution in [0.5, 0.6) is 11.5 Å². The topological polar surface area (TPSA) is 124 Å². The number of aromatic hydroxyl groups is 1. The lowest BCUT2D eigenvalue weighted by molar-refractivity contribution is -0.142. The fraction of sp³-hybridized carbons (Fsp3) is 0.227. The Hall–Kier alpha value is -3.81. The van der Waals surface area contributed by atoms with E-state index in [2.05, 4.69) is 0 Å². The van der Waals surface area contributed by atoms with Crippen LogP contribution in [0.25, 0.3) is 5.76 Å². The number of amides is 1. The summed E-state index contributed by atoms with van der Waals surface area (Å²) in [6, 6.07) is 10.0. The number of ether oxygens (including phenoxy) is 1. The van der Waals surface area contributed by atoms with E-state index in [0.717, 1.165) is 10.5 Å². The average molecular weight is 411 g/mol. The predicted octanol–water partition coefficient (Wildman–Crippen LogP) is 2.61. The van der Waals surface area contributed by atoms with Gasteiger partial charge in [-0.3, -0.25) is 14.4 Å². The van der Waals surface area contributed by atoms with Gasteiger partial charge in [-0.1, -0.05) is 35.9 Å². The van der Waals surface area contributed by atoms with E-state index in [9.17, 15) is 24.6 Å². The van der Waals surface area contributed by atoms with Gasteiger partial charge in [0.05, 0.1) is 25.1 Å². The molecule has 1 aliphatic rings. The standard InChI is InChI=1S/C22H21NO7/c1-12-3-5-13(6-4-12)20(27)18-19(14-7-8-15(24)16(11-14)30-2)23(10-9-17(25)26)22(29)21(18)28/h3-8,11,19,24,27H,9-10H2,1-2H3,(H,25,26)/t19-/m0/s1. The number of aliphatic carboxylic acids is 1. The molecule has 0 aliphatic carbocycles. The molecule has 30 heavy (non-hydrogen) atoms. The monoisotopic (exact) mass is 411 g/mol. The van der Waals surface area contributed by atoms with Crippen molar-refractivity contribution in [3.63, 3.8) is 0 Å². The molecule has 156 valence electrons. The first-order valence-electron chi connectivity index (χ1n) is 9.18. The molecule has 0 radical (unpaired) electrons. The lowest BCUT2D eigenvalue weighted by atomic mass is 9.94. The van der Waals surface area contributed by atoms with Gasteiger partial charge >= 0.3 is 5.97 Å². The molecule has 1 fully saturated rings. The van der Waals surface area contributed by atoms with Crippen molar-refractivity contribution in [1.82, 2.24) is 4.90 Å². The SMILES string of the molecule is COc1cc([C@H]2C(=C(O)c3ccc(C)cc3)C(=O)C(=O)N2CCC(=O)O)ccc1O. The van der Waals surface area contributed by atoms with Crippen molar-refractivity contribution in [3.05, 3.63) is 64.7 Å². The molecule has 1 amide bonds. The Kier molecular flexibility index (Phi) is 5.77. The normalized spacial score (nSPS) is 17.9. The summed E-state index contributed by atoms with van der Waals surface area (Å²) in [7, 11) is 1.35. The first-order valence-corrected chi connectivity index (χ1v) is 9.18. The van der Waals surface area contributed by atoms with Crippen LogP contribution < -0.4 is 4.74 Å². The number of phenolic OH excluding ortho intramolecular Hbond substituents is 1. The van der Waals surface area contributed by atoms with Gasteiger partial charge in [0.25, 0.3) is 11.7 Å². The van der Waals surface area contributed by atoms with Crippen molar-refractivity contribution in [2.24, 2.45) is 0 Å². The van der Waals surface area contributed by atoms with Crippen LogP contribution in [0.4, 0.5) is 0 Å². The zero-order valence-corrected chi connectivity index (χ0v) is 16.5. The van der Waals surface area contributed by atoms with Crippen LogP contribution in [-0.2, 0) is 14.4 Å². The van der Waals surface area contributed by atoms with Gasteiger partial charge < -0.3 is 25.0 Å². The number of benzene rings is 2. The third kappa shape index (κ3) is 3.84. The van der Waals surface area contributed by atoms with E-state index in [1.165, 1.54) is 25.3 Å². The molecule has 8 heteroatoms. The molecule has 1 aliphatic heterocycles. The van der Waals surface area contributed by atoms with Crippen molar-refractivity contribution in [1.29, 1.82) is 0 Å². The highest BCUT2D eigenvalue weighted by Crippen LogP contribution is 2.41. The second kappa shape index (κ2) is 8.28. The number of phenols is 1. The van der Waals surface area contributed by atoms with Gasteiger partial charge in [-0.15, -0.1) is 0 Å². The number of nitrogens with zero attached hydrogens (tertiary/aromatic N) is 1. The van der Waals surface area contributed by atoms with Crippen LogP contribution in [0.3, 0.4) is 0 Å². The van der Waals surface area contributed by atoms with Gasteiger partial charge in [-0.25, -0.2) is 0 Å². The van der Waals surface area contributed by atoms with Crippen molar-refractivity contribution in [3.8, 4) is 11.5 Å². The lowest BCUT2D eigenvalue weighted by Gasteiger charge is -2.25. The summed E-state index contributed by atoms with van der Waals surface area (Å²) >= 11 is 0. The number of carbonyl (C=O) groups is 3. The second-order valence-electron chi connectivity index (χ2n) is 6.93. The molecule has 0 bridgehead atoms. The van der Waals surface area contributed by atoms with Crippen LogP contribution in [0, 0.1) is 6.92 Å². The van der Waals surface area contributed by atoms with E-state index in [1.807, 2.05) is 6.92 Å². The van der Waals surface area contributed by atoms with Crippen molar-refractivity contribution in [2.75, 3.05) is 13.7 Å². The summed E-state index contributed by atoms with van der Waals surface area (Å²) in [5.74, 6) is -3.31. The van der Waals surface area contributed by atoms with Crippen LogP contribution in [0.15, 0.2) is 48.0 Å². The molecule has 1 saturated heterocycles. The Balaban J connectivity index is 2.18. The van der Waals surface area contributed by atoms with Gasteiger partial charge in [-0.2, -0.15) is 0 Å². The number of rotatable bonds is 6. The Morgan fingerprint density at radius 3 is 2.37 bits per heavy atom. The summed E-state index contributed by atoms with van der Waals surface area (Å²) < 4.78 is 5.11. The first kappa shape index (κ1) is 20.9. The van der Waals surface area contributed by atoms with E-state index in [1.54, 1.807) is 24.3 Å². The number of carboxylic acid groups (broad SMARTS) is 1. The predicted molar refractivity (Wildman–Crippen MR) is 107 cm³/mol. The highest BCUT2D eigenvalue weighted by Gasteiger charge is 2.46. The van der Waals surface area contributed by atoms with Crippen LogP contribution in [-0.4, -0.2) is 51.5 Å². The third-order valence-corrected chi connectivity index (χ3v) is 4.95. The van der Waals surface area contributed by atoms with Gasteiger partial charge in [0.2, 0.25) is 0 Å². The maximum atomic E-state index is 12.8. The van der Waals surface area contributed by atoms with E-state index in [-0.39, 0.29) is 35.8 Å². The molecule has 1 heterocycles. The molecular formula is C22H21NO7. The maximum absolute atomic E-state index is 12.8. The number of carboxylic acids is 1. The molecule has 3 N–H and O–H groups in total. The molecular weight excluding hydrogens is 390 g/mol. The molecule has 0 aromatic heterocycles. The summed E-state index contributed by atoms with van der Waals surface area (Å²) in [4.78, 5) is 37.7. The fourth-order valence-corrected chi connectivity index (χ4v) is 3.40. The second-order valence-corrected chi connectivity index (χ2v) is 6.93. The van der Waals surface area contributed by atoms with Crippen LogP contribution in [0.1, 0.15) is 29.2 Å². The number of methoxy groups -OCH3 is 1. The summed E-state index contributed by atoms with van der Waals surface area (Å²) in [5, 5.41) is 29.8. The highest BCUT2D eigenvalue weighted by atomic mass is 16.5. The quantitative estimate of drug-likeness (QED) is 0.379. The molecule has 0 spiro atoms. The number of Topliss-reactive ketones (excluding diaryl/α,β-unsaturated/α-hetero) is 1. The van der Waals surface area contributed by atoms with Gasteiger partial charge in [-0.05, 0) is 24.6 Å². The minimum Gasteiger partial charge on any atom is -0.507 e. The molecule has 8 nitrogen and oxygen atoms in total. The Morgan fingerprint density at radius 1 is 1.10 bits per heavy atom. The van der Waals surface area contributed by atoms with E-state index < -0.39 is 23.7 Å². The summed E-state index contributed by atoms with van der Waals surface area (Å²) in [6.07, 6.45) is -0.372. The molecule has 2 aromatic rings.